The largest absolute Gasteiger partial charge is 0.491 e. The highest BCUT2D eigenvalue weighted by molar-refractivity contribution is 5.73. The van der Waals surface area contributed by atoms with E-state index < -0.39 is 12.0 Å². The average molecular weight is 239 g/mol. The molecule has 5 nitrogen and oxygen atoms in total. The number of benzene rings is 1. The molecule has 0 radical (unpaired) electrons. The van der Waals surface area contributed by atoms with Crippen LogP contribution in [0.1, 0.15) is 5.56 Å². The van der Waals surface area contributed by atoms with Crippen molar-refractivity contribution < 1.29 is 19.4 Å². The van der Waals surface area contributed by atoms with Gasteiger partial charge in [-0.05, 0) is 24.1 Å². The molecule has 0 aliphatic heterocycles. The number of aliphatic carboxylic acids is 1. The number of rotatable bonds is 7. The molecule has 94 valence electrons. The van der Waals surface area contributed by atoms with E-state index in [4.69, 9.17) is 20.3 Å². The highest BCUT2D eigenvalue weighted by atomic mass is 16.5. The first-order valence-corrected chi connectivity index (χ1v) is 5.32. The molecular formula is C12H17NO4. The fourth-order valence-electron chi connectivity index (χ4n) is 1.23. The monoisotopic (exact) mass is 239 g/mol. The number of carbonyl (C=O) groups is 1. The minimum atomic E-state index is -1.07. The molecule has 0 saturated heterocycles. The summed E-state index contributed by atoms with van der Waals surface area (Å²) >= 11 is 0. The number of methoxy groups -OCH3 is 1. The van der Waals surface area contributed by atoms with Gasteiger partial charge in [0.15, 0.2) is 0 Å². The molecular weight excluding hydrogens is 222 g/mol. The maximum absolute atomic E-state index is 10.5. The van der Waals surface area contributed by atoms with Gasteiger partial charge in [-0.3, -0.25) is 4.79 Å². The first-order valence-electron chi connectivity index (χ1n) is 5.32. The lowest BCUT2D eigenvalue weighted by molar-refractivity contribution is -0.139. The minimum Gasteiger partial charge on any atom is -0.491 e. The number of nitrogens with two attached hydrogens (primary N) is 1. The summed E-state index contributed by atoms with van der Waals surface area (Å²) in [5.74, 6) is -0.454. The zero-order valence-corrected chi connectivity index (χ0v) is 9.76. The summed E-state index contributed by atoms with van der Waals surface area (Å²) in [5.41, 5.74) is 6.46. The van der Waals surface area contributed by atoms with Crippen molar-refractivity contribution in [2.75, 3.05) is 20.3 Å². The van der Waals surface area contributed by atoms with E-state index >= 15 is 0 Å². The maximum atomic E-state index is 10.5. The quantitative estimate of drug-likeness (QED) is 0.730. The second-order valence-electron chi connectivity index (χ2n) is 3.64. The van der Waals surface area contributed by atoms with E-state index in [1.165, 1.54) is 0 Å². The van der Waals surface area contributed by atoms with Crippen LogP contribution in [0.15, 0.2) is 24.3 Å². The number of carboxylic acids is 1. The van der Waals surface area contributed by atoms with Gasteiger partial charge in [0.2, 0.25) is 0 Å². The lowest BCUT2D eigenvalue weighted by atomic mass is 10.1. The van der Waals surface area contributed by atoms with Gasteiger partial charge in [0, 0.05) is 7.11 Å². The summed E-state index contributed by atoms with van der Waals surface area (Å²) in [4.78, 5) is 10.5. The third kappa shape index (κ3) is 4.84. The molecule has 0 aliphatic carbocycles. The number of carboxylic acid groups (broad SMARTS) is 1. The predicted octanol–water partition coefficient (Wildman–Crippen LogP) is 0.666. The Hall–Kier alpha value is -1.59. The van der Waals surface area contributed by atoms with Crippen molar-refractivity contribution in [3.05, 3.63) is 29.8 Å². The first-order chi connectivity index (χ1) is 8.13. The summed E-state index contributed by atoms with van der Waals surface area (Å²) in [6, 6.07) is 6.42. The Morgan fingerprint density at radius 2 is 2.06 bits per heavy atom. The number of hydrogen-bond donors (Lipinski definition) is 2. The molecule has 0 saturated carbocycles. The van der Waals surface area contributed by atoms with Crippen LogP contribution in [0, 0.1) is 0 Å². The second kappa shape index (κ2) is 6.88. The summed E-state index contributed by atoms with van der Waals surface area (Å²) in [7, 11) is 1.66. The Balaban J connectivity index is 2.42. The van der Waals surface area contributed by atoms with Crippen LogP contribution in [0.4, 0.5) is 0 Å². The Morgan fingerprint density at radius 1 is 1.41 bits per heavy atom. The van der Waals surface area contributed by atoms with E-state index in [2.05, 4.69) is 0 Å². The van der Waals surface area contributed by atoms with Crippen molar-refractivity contribution in [1.29, 1.82) is 0 Å². The SMILES string of the molecule is COCCc1ccc(OCC(N)C(=O)O)cc1. The smallest absolute Gasteiger partial charge is 0.324 e. The Morgan fingerprint density at radius 3 is 2.59 bits per heavy atom. The molecule has 0 amide bonds. The molecule has 0 spiro atoms. The fraction of sp³-hybridized carbons (Fsp3) is 0.417. The number of hydrogen-bond acceptors (Lipinski definition) is 4. The van der Waals surface area contributed by atoms with Crippen LogP contribution in [0.25, 0.3) is 0 Å². The maximum Gasteiger partial charge on any atom is 0.324 e. The van der Waals surface area contributed by atoms with Gasteiger partial charge in [-0.15, -0.1) is 0 Å². The van der Waals surface area contributed by atoms with Gasteiger partial charge in [0.25, 0.3) is 0 Å². The van der Waals surface area contributed by atoms with Crippen LogP contribution in [0.3, 0.4) is 0 Å². The molecule has 0 bridgehead atoms. The lowest BCUT2D eigenvalue weighted by Crippen LogP contribution is -2.36. The highest BCUT2D eigenvalue weighted by Gasteiger charge is 2.11. The van der Waals surface area contributed by atoms with E-state index in [1.807, 2.05) is 12.1 Å². The van der Waals surface area contributed by atoms with Gasteiger partial charge in [-0.2, -0.15) is 0 Å². The molecule has 1 aromatic rings. The zero-order chi connectivity index (χ0) is 12.7. The van der Waals surface area contributed by atoms with Crippen LogP contribution in [0.5, 0.6) is 5.75 Å². The zero-order valence-electron chi connectivity index (χ0n) is 9.76. The molecule has 1 aromatic carbocycles. The highest BCUT2D eigenvalue weighted by Crippen LogP contribution is 2.12. The molecule has 0 aromatic heterocycles. The van der Waals surface area contributed by atoms with E-state index in [9.17, 15) is 4.79 Å². The van der Waals surface area contributed by atoms with Gasteiger partial charge in [-0.1, -0.05) is 12.1 Å². The van der Waals surface area contributed by atoms with Crippen molar-refractivity contribution in [3.8, 4) is 5.75 Å². The first kappa shape index (κ1) is 13.5. The average Bonchev–Trinajstić information content (AvgIpc) is 2.34. The predicted molar refractivity (Wildman–Crippen MR) is 63.1 cm³/mol. The van der Waals surface area contributed by atoms with Crippen molar-refractivity contribution in [2.45, 2.75) is 12.5 Å². The van der Waals surface area contributed by atoms with Crippen LogP contribution in [-0.2, 0) is 16.0 Å². The van der Waals surface area contributed by atoms with Crippen LogP contribution in [-0.4, -0.2) is 37.4 Å². The van der Waals surface area contributed by atoms with E-state index in [-0.39, 0.29) is 6.61 Å². The normalized spacial score (nSPS) is 12.1. The number of ether oxygens (including phenoxy) is 2. The van der Waals surface area contributed by atoms with Gasteiger partial charge in [0.1, 0.15) is 18.4 Å². The van der Waals surface area contributed by atoms with Gasteiger partial charge in [0.05, 0.1) is 6.61 Å². The standard InChI is InChI=1S/C12H17NO4/c1-16-7-6-9-2-4-10(5-3-9)17-8-11(13)12(14)15/h2-5,11H,6-8,13H2,1H3,(H,14,15). The Labute approximate surface area is 100 Å². The van der Waals surface area contributed by atoms with Crippen molar-refractivity contribution in [1.82, 2.24) is 0 Å². The third-order valence-corrected chi connectivity index (χ3v) is 2.26. The van der Waals surface area contributed by atoms with Crippen LogP contribution < -0.4 is 10.5 Å². The van der Waals surface area contributed by atoms with Crippen molar-refractivity contribution in [3.63, 3.8) is 0 Å². The lowest BCUT2D eigenvalue weighted by Gasteiger charge is -2.09. The molecule has 1 atom stereocenters. The molecule has 0 heterocycles. The molecule has 1 unspecified atom stereocenters. The molecule has 17 heavy (non-hydrogen) atoms. The molecule has 0 fully saturated rings. The van der Waals surface area contributed by atoms with Gasteiger partial charge in [-0.25, -0.2) is 0 Å². The molecule has 3 N–H and O–H groups in total. The Kier molecular flexibility index (Phi) is 5.45. The van der Waals surface area contributed by atoms with Gasteiger partial charge >= 0.3 is 5.97 Å². The van der Waals surface area contributed by atoms with Crippen molar-refractivity contribution in [2.24, 2.45) is 5.73 Å². The minimum absolute atomic E-state index is 0.0350. The second-order valence-corrected chi connectivity index (χ2v) is 3.64. The van der Waals surface area contributed by atoms with E-state index in [1.54, 1.807) is 19.2 Å². The summed E-state index contributed by atoms with van der Waals surface area (Å²) in [6.07, 6.45) is 0.839. The van der Waals surface area contributed by atoms with Crippen molar-refractivity contribution >= 4 is 5.97 Å². The van der Waals surface area contributed by atoms with Crippen LogP contribution in [0.2, 0.25) is 0 Å². The Bertz CT molecular complexity index is 350. The topological polar surface area (TPSA) is 81.8 Å². The summed E-state index contributed by atoms with van der Waals surface area (Å²) in [5, 5.41) is 8.58. The molecule has 1 rings (SSSR count). The van der Waals surface area contributed by atoms with Crippen LogP contribution >= 0.6 is 0 Å². The summed E-state index contributed by atoms with van der Waals surface area (Å²) in [6.45, 7) is 0.636. The van der Waals surface area contributed by atoms with Gasteiger partial charge < -0.3 is 20.3 Å². The third-order valence-electron chi connectivity index (χ3n) is 2.26. The molecule has 5 heteroatoms. The fourth-order valence-corrected chi connectivity index (χ4v) is 1.23. The molecule has 0 aliphatic rings. The summed E-state index contributed by atoms with van der Waals surface area (Å²) < 4.78 is 10.2. The van der Waals surface area contributed by atoms with E-state index in [0.717, 1.165) is 12.0 Å². The van der Waals surface area contributed by atoms with E-state index in [0.29, 0.717) is 12.4 Å².